The Morgan fingerprint density at radius 2 is 2.12 bits per heavy atom. The Morgan fingerprint density at radius 1 is 1.35 bits per heavy atom. The van der Waals surface area contributed by atoms with Gasteiger partial charge in [-0.05, 0) is 25.1 Å². The molecule has 1 atom stereocenters. The van der Waals surface area contributed by atoms with E-state index in [1.54, 1.807) is 12.1 Å². The normalized spacial score (nSPS) is 12.4. The number of aliphatic hydroxyl groups is 2. The molecule has 4 nitrogen and oxygen atoms in total. The van der Waals surface area contributed by atoms with Crippen LogP contribution in [0.1, 0.15) is 6.42 Å². The summed E-state index contributed by atoms with van der Waals surface area (Å²) < 4.78 is 5.38. The third-order valence-electron chi connectivity index (χ3n) is 2.16. The van der Waals surface area contributed by atoms with E-state index in [2.05, 4.69) is 5.32 Å². The summed E-state index contributed by atoms with van der Waals surface area (Å²) in [5, 5.41) is 21.7. The maximum atomic E-state index is 9.61. The first kappa shape index (κ1) is 14.3. The van der Waals surface area contributed by atoms with Gasteiger partial charge in [-0.15, -0.1) is 0 Å². The molecule has 0 amide bonds. The number of nitrogens with one attached hydrogen (secondary N) is 1. The largest absolute Gasteiger partial charge is 0.489 e. The first-order chi connectivity index (χ1) is 8.24. The third-order valence-corrected chi connectivity index (χ3v) is 2.47. The van der Waals surface area contributed by atoms with E-state index in [4.69, 9.17) is 21.4 Å². The second-order valence-corrected chi connectivity index (χ2v) is 4.08. The summed E-state index contributed by atoms with van der Waals surface area (Å²) >= 11 is 5.90. The molecule has 0 fully saturated rings. The van der Waals surface area contributed by atoms with Crippen LogP contribution in [-0.4, -0.2) is 42.6 Å². The molecule has 0 saturated carbocycles. The summed E-state index contributed by atoms with van der Waals surface area (Å²) in [6.45, 7) is 1.46. The van der Waals surface area contributed by atoms with Crippen LogP contribution < -0.4 is 10.1 Å². The fourth-order valence-corrected chi connectivity index (χ4v) is 1.47. The van der Waals surface area contributed by atoms with Gasteiger partial charge in [0.05, 0.1) is 5.02 Å². The van der Waals surface area contributed by atoms with Crippen molar-refractivity contribution >= 4 is 11.6 Å². The van der Waals surface area contributed by atoms with E-state index in [0.29, 0.717) is 30.3 Å². The fourth-order valence-electron chi connectivity index (χ4n) is 1.28. The average Bonchev–Trinajstić information content (AvgIpc) is 2.34. The van der Waals surface area contributed by atoms with E-state index in [0.717, 1.165) is 0 Å². The van der Waals surface area contributed by atoms with Crippen molar-refractivity contribution in [3.8, 4) is 5.75 Å². The molecule has 0 saturated heterocycles. The van der Waals surface area contributed by atoms with Gasteiger partial charge in [-0.3, -0.25) is 0 Å². The van der Waals surface area contributed by atoms with E-state index in [9.17, 15) is 5.11 Å². The van der Waals surface area contributed by atoms with Gasteiger partial charge in [-0.1, -0.05) is 23.7 Å². The highest BCUT2D eigenvalue weighted by Gasteiger charge is 2.06. The lowest BCUT2D eigenvalue weighted by Gasteiger charge is -2.13. The molecule has 0 aliphatic carbocycles. The Balaban J connectivity index is 2.19. The molecule has 1 unspecified atom stereocenters. The highest BCUT2D eigenvalue weighted by atomic mass is 35.5. The molecule has 3 N–H and O–H groups in total. The van der Waals surface area contributed by atoms with Crippen LogP contribution in [0, 0.1) is 0 Å². The van der Waals surface area contributed by atoms with E-state index in [1.807, 2.05) is 12.1 Å². The van der Waals surface area contributed by atoms with Crippen LogP contribution in [0.5, 0.6) is 5.75 Å². The van der Waals surface area contributed by atoms with Gasteiger partial charge in [0.2, 0.25) is 0 Å². The topological polar surface area (TPSA) is 61.7 Å². The number of hydrogen-bond donors (Lipinski definition) is 3. The van der Waals surface area contributed by atoms with Crippen molar-refractivity contribution in [1.29, 1.82) is 0 Å². The molecule has 0 spiro atoms. The van der Waals surface area contributed by atoms with Gasteiger partial charge in [-0.25, -0.2) is 0 Å². The number of hydrogen-bond acceptors (Lipinski definition) is 4. The molecule has 0 bridgehead atoms. The van der Waals surface area contributed by atoms with Crippen molar-refractivity contribution < 1.29 is 14.9 Å². The third kappa shape index (κ3) is 5.89. The monoisotopic (exact) mass is 259 g/mol. The summed E-state index contributed by atoms with van der Waals surface area (Å²) in [6.07, 6.45) is 0.0860. The van der Waals surface area contributed by atoms with Crippen molar-refractivity contribution in [2.45, 2.75) is 12.5 Å². The second kappa shape index (κ2) is 8.31. The van der Waals surface area contributed by atoms with Crippen LogP contribution in [0.2, 0.25) is 5.02 Å². The molecule has 0 aliphatic rings. The molecular weight excluding hydrogens is 242 g/mol. The Kier molecular flexibility index (Phi) is 6.96. The number of ether oxygens (including phenoxy) is 1. The lowest BCUT2D eigenvalue weighted by molar-refractivity contribution is 0.106. The lowest BCUT2D eigenvalue weighted by atomic mass is 10.3. The Labute approximate surface area is 106 Å². The number of para-hydroxylation sites is 1. The van der Waals surface area contributed by atoms with Gasteiger partial charge in [0, 0.05) is 13.2 Å². The van der Waals surface area contributed by atoms with E-state index in [1.165, 1.54) is 0 Å². The molecule has 0 heterocycles. The quantitative estimate of drug-likeness (QED) is 0.611. The van der Waals surface area contributed by atoms with Crippen molar-refractivity contribution in [2.24, 2.45) is 0 Å². The molecular formula is C12H18ClNO3. The zero-order valence-corrected chi connectivity index (χ0v) is 10.4. The predicted molar refractivity (Wildman–Crippen MR) is 67.5 cm³/mol. The van der Waals surface area contributed by atoms with Crippen molar-refractivity contribution in [3.05, 3.63) is 29.3 Å². The molecule has 5 heteroatoms. The minimum absolute atomic E-state index is 0.152. The van der Waals surface area contributed by atoms with Crippen molar-refractivity contribution in [1.82, 2.24) is 5.32 Å². The van der Waals surface area contributed by atoms with Crippen LogP contribution in [-0.2, 0) is 0 Å². The highest BCUT2D eigenvalue weighted by molar-refractivity contribution is 6.32. The van der Waals surface area contributed by atoms with E-state index >= 15 is 0 Å². The van der Waals surface area contributed by atoms with E-state index < -0.39 is 6.10 Å². The Hall–Kier alpha value is -0.810. The number of halogens is 1. The van der Waals surface area contributed by atoms with Crippen LogP contribution in [0.25, 0.3) is 0 Å². The summed E-state index contributed by atoms with van der Waals surface area (Å²) in [5.41, 5.74) is 0. The highest BCUT2D eigenvalue weighted by Crippen LogP contribution is 2.22. The maximum Gasteiger partial charge on any atom is 0.138 e. The molecule has 1 rings (SSSR count). The number of benzene rings is 1. The Morgan fingerprint density at radius 3 is 2.82 bits per heavy atom. The van der Waals surface area contributed by atoms with Gasteiger partial charge < -0.3 is 20.3 Å². The minimum Gasteiger partial charge on any atom is -0.489 e. The fraction of sp³-hybridized carbons (Fsp3) is 0.500. The Bertz CT molecular complexity index is 322. The van der Waals surface area contributed by atoms with Crippen LogP contribution in [0.4, 0.5) is 0 Å². The lowest BCUT2D eigenvalue weighted by Crippen LogP contribution is -2.32. The summed E-state index contributed by atoms with van der Waals surface area (Å²) in [5.74, 6) is 0.573. The van der Waals surface area contributed by atoms with Crippen LogP contribution in [0.15, 0.2) is 24.3 Å². The smallest absolute Gasteiger partial charge is 0.138 e. The summed E-state index contributed by atoms with van der Waals surface area (Å²) in [6, 6.07) is 7.15. The standard InChI is InChI=1S/C12H18ClNO3/c13-11-4-1-2-5-12(11)17-9-10(16)8-14-6-3-7-15/h1-2,4-5,10,14-16H,3,6-9H2. The first-order valence-corrected chi connectivity index (χ1v) is 5.99. The van der Waals surface area contributed by atoms with Crippen molar-refractivity contribution in [2.75, 3.05) is 26.3 Å². The summed E-state index contributed by atoms with van der Waals surface area (Å²) in [4.78, 5) is 0. The van der Waals surface area contributed by atoms with Gasteiger partial charge in [-0.2, -0.15) is 0 Å². The van der Waals surface area contributed by atoms with E-state index in [-0.39, 0.29) is 13.2 Å². The second-order valence-electron chi connectivity index (χ2n) is 3.68. The zero-order valence-electron chi connectivity index (χ0n) is 9.60. The van der Waals surface area contributed by atoms with Gasteiger partial charge >= 0.3 is 0 Å². The maximum absolute atomic E-state index is 9.61. The first-order valence-electron chi connectivity index (χ1n) is 5.61. The molecule has 17 heavy (non-hydrogen) atoms. The number of rotatable bonds is 8. The predicted octanol–water partition coefficient (Wildman–Crippen LogP) is 1.05. The van der Waals surface area contributed by atoms with Gasteiger partial charge in [0.25, 0.3) is 0 Å². The average molecular weight is 260 g/mol. The molecule has 0 aliphatic heterocycles. The molecule has 96 valence electrons. The molecule has 1 aromatic carbocycles. The molecule has 0 radical (unpaired) electrons. The SMILES string of the molecule is OCCCNCC(O)COc1ccccc1Cl. The van der Waals surface area contributed by atoms with Crippen molar-refractivity contribution in [3.63, 3.8) is 0 Å². The van der Waals surface area contributed by atoms with Gasteiger partial charge in [0.1, 0.15) is 18.5 Å². The zero-order chi connectivity index (χ0) is 12.5. The number of aliphatic hydroxyl groups excluding tert-OH is 2. The van der Waals surface area contributed by atoms with Crippen LogP contribution >= 0.6 is 11.6 Å². The molecule has 1 aromatic rings. The molecule has 0 aromatic heterocycles. The van der Waals surface area contributed by atoms with Gasteiger partial charge in [0.15, 0.2) is 0 Å². The summed E-state index contributed by atoms with van der Waals surface area (Å²) in [7, 11) is 0. The van der Waals surface area contributed by atoms with Crippen LogP contribution in [0.3, 0.4) is 0 Å². The minimum atomic E-state index is -0.593.